The van der Waals surface area contributed by atoms with Gasteiger partial charge in [0.25, 0.3) is 0 Å². The molecule has 2 N–H and O–H groups in total. The Kier molecular flexibility index (Phi) is 3.74. The van der Waals surface area contributed by atoms with Gasteiger partial charge in [0, 0.05) is 17.3 Å². The van der Waals surface area contributed by atoms with Gasteiger partial charge in [0.1, 0.15) is 0 Å². The zero-order valence-electron chi connectivity index (χ0n) is 8.91. The summed E-state index contributed by atoms with van der Waals surface area (Å²) in [6, 6.07) is 1.04. The summed E-state index contributed by atoms with van der Waals surface area (Å²) in [6.07, 6.45) is 9.47. The molecule has 3 heteroatoms. The van der Waals surface area contributed by atoms with Gasteiger partial charge in [-0.25, -0.2) is 0 Å². The summed E-state index contributed by atoms with van der Waals surface area (Å²) in [5.41, 5.74) is 0. The van der Waals surface area contributed by atoms with E-state index in [-0.39, 0.29) is 6.10 Å². The minimum Gasteiger partial charge on any atom is -0.392 e. The van der Waals surface area contributed by atoms with Gasteiger partial charge in [0.05, 0.1) is 6.10 Å². The van der Waals surface area contributed by atoms with Crippen molar-refractivity contribution in [3.63, 3.8) is 0 Å². The van der Waals surface area contributed by atoms with Crippen molar-refractivity contribution in [3.05, 3.63) is 0 Å². The highest BCUT2D eigenvalue weighted by molar-refractivity contribution is 7.99. The molecule has 2 aliphatic carbocycles. The molecular weight excluding hydrogens is 194 g/mol. The van der Waals surface area contributed by atoms with E-state index in [0.29, 0.717) is 12.1 Å². The molecule has 0 spiro atoms. The largest absolute Gasteiger partial charge is 0.392 e. The zero-order chi connectivity index (χ0) is 9.97. The molecule has 2 aliphatic rings. The molecular formula is C11H21NOS. The van der Waals surface area contributed by atoms with Crippen molar-refractivity contribution in [1.29, 1.82) is 0 Å². The van der Waals surface area contributed by atoms with Crippen LogP contribution in [0.15, 0.2) is 0 Å². The summed E-state index contributed by atoms with van der Waals surface area (Å²) >= 11 is 1.98. The quantitative estimate of drug-likeness (QED) is 0.752. The first-order chi connectivity index (χ1) is 6.81. The van der Waals surface area contributed by atoms with Gasteiger partial charge in [0.2, 0.25) is 0 Å². The topological polar surface area (TPSA) is 32.3 Å². The van der Waals surface area contributed by atoms with Crippen LogP contribution in [0, 0.1) is 0 Å². The van der Waals surface area contributed by atoms with Gasteiger partial charge < -0.3 is 10.4 Å². The lowest BCUT2D eigenvalue weighted by molar-refractivity contribution is 0.143. The summed E-state index contributed by atoms with van der Waals surface area (Å²) in [5, 5.41) is 14.2. The Morgan fingerprint density at radius 1 is 1.07 bits per heavy atom. The Morgan fingerprint density at radius 3 is 2.43 bits per heavy atom. The minimum absolute atomic E-state index is 0.0851. The highest BCUT2D eigenvalue weighted by Gasteiger charge is 2.32. The first-order valence-corrected chi connectivity index (χ1v) is 7.07. The number of aliphatic hydroxyl groups excluding tert-OH is 1. The Balaban J connectivity index is 1.83. The molecule has 2 rings (SSSR count). The van der Waals surface area contributed by atoms with Crippen LogP contribution in [-0.2, 0) is 0 Å². The molecule has 4 atom stereocenters. The Hall–Kier alpha value is 0.270. The number of rotatable bonds is 3. The Labute approximate surface area is 90.8 Å². The molecule has 0 aromatic carbocycles. The second kappa shape index (κ2) is 4.86. The lowest BCUT2D eigenvalue weighted by atomic mass is 10.1. The maximum Gasteiger partial charge on any atom is 0.0693 e. The van der Waals surface area contributed by atoms with Crippen LogP contribution in [-0.4, -0.2) is 34.8 Å². The molecule has 0 aromatic heterocycles. The summed E-state index contributed by atoms with van der Waals surface area (Å²) in [4.78, 5) is 0. The molecule has 2 nitrogen and oxygen atoms in total. The van der Waals surface area contributed by atoms with Crippen molar-refractivity contribution in [2.45, 2.75) is 62.0 Å². The van der Waals surface area contributed by atoms with E-state index in [0.717, 1.165) is 11.7 Å². The maximum atomic E-state index is 9.74. The SMILES string of the molecule is CSC1CCCC1N[C@@H]1CCC[C@H]1O. The van der Waals surface area contributed by atoms with Crippen LogP contribution < -0.4 is 5.32 Å². The molecule has 14 heavy (non-hydrogen) atoms. The third-order valence-corrected chi connectivity index (χ3v) is 4.83. The van der Waals surface area contributed by atoms with E-state index in [9.17, 15) is 5.11 Å². The lowest BCUT2D eigenvalue weighted by Gasteiger charge is -2.25. The van der Waals surface area contributed by atoms with Crippen molar-refractivity contribution >= 4 is 11.8 Å². The van der Waals surface area contributed by atoms with Crippen LogP contribution in [0.4, 0.5) is 0 Å². The normalized spacial score (nSPS) is 43.3. The first-order valence-electron chi connectivity index (χ1n) is 5.78. The van der Waals surface area contributed by atoms with E-state index in [1.807, 2.05) is 11.8 Å². The van der Waals surface area contributed by atoms with E-state index in [1.54, 1.807) is 0 Å². The van der Waals surface area contributed by atoms with Gasteiger partial charge in [-0.2, -0.15) is 11.8 Å². The van der Waals surface area contributed by atoms with Crippen molar-refractivity contribution in [2.75, 3.05) is 6.26 Å². The van der Waals surface area contributed by atoms with E-state index in [4.69, 9.17) is 0 Å². The number of aliphatic hydroxyl groups is 1. The molecule has 0 heterocycles. The molecule has 0 aromatic rings. The average Bonchev–Trinajstić information content (AvgIpc) is 2.77. The van der Waals surface area contributed by atoms with E-state index in [2.05, 4.69) is 11.6 Å². The molecule has 2 unspecified atom stereocenters. The Morgan fingerprint density at radius 2 is 1.79 bits per heavy atom. The molecule has 0 radical (unpaired) electrons. The Bertz CT molecular complexity index is 188. The predicted molar refractivity (Wildman–Crippen MR) is 61.7 cm³/mol. The highest BCUT2D eigenvalue weighted by Crippen LogP contribution is 2.30. The van der Waals surface area contributed by atoms with E-state index < -0.39 is 0 Å². The van der Waals surface area contributed by atoms with Crippen LogP contribution in [0.25, 0.3) is 0 Å². The van der Waals surface area contributed by atoms with Crippen molar-refractivity contribution < 1.29 is 5.11 Å². The van der Waals surface area contributed by atoms with E-state index in [1.165, 1.54) is 32.1 Å². The van der Waals surface area contributed by atoms with Crippen molar-refractivity contribution in [3.8, 4) is 0 Å². The van der Waals surface area contributed by atoms with Crippen LogP contribution in [0.5, 0.6) is 0 Å². The minimum atomic E-state index is -0.0851. The molecule has 0 amide bonds. The highest BCUT2D eigenvalue weighted by atomic mass is 32.2. The monoisotopic (exact) mass is 215 g/mol. The summed E-state index contributed by atoms with van der Waals surface area (Å²) in [7, 11) is 0. The number of nitrogens with one attached hydrogen (secondary N) is 1. The predicted octanol–water partition coefficient (Wildman–Crippen LogP) is 1.77. The first kappa shape index (κ1) is 10.8. The smallest absolute Gasteiger partial charge is 0.0693 e. The van der Waals surface area contributed by atoms with Gasteiger partial charge in [0.15, 0.2) is 0 Å². The fraction of sp³-hybridized carbons (Fsp3) is 1.00. The fourth-order valence-corrected chi connectivity index (χ4v) is 3.75. The molecule has 0 saturated heterocycles. The van der Waals surface area contributed by atoms with Gasteiger partial charge in [-0.05, 0) is 38.4 Å². The zero-order valence-corrected chi connectivity index (χ0v) is 9.72. The number of thioether (sulfide) groups is 1. The summed E-state index contributed by atoms with van der Waals surface area (Å²) in [5.74, 6) is 0. The van der Waals surface area contributed by atoms with E-state index >= 15 is 0 Å². The van der Waals surface area contributed by atoms with Crippen LogP contribution in [0.1, 0.15) is 38.5 Å². The molecule has 0 bridgehead atoms. The summed E-state index contributed by atoms with van der Waals surface area (Å²) < 4.78 is 0. The van der Waals surface area contributed by atoms with Crippen molar-refractivity contribution in [1.82, 2.24) is 5.32 Å². The molecule has 2 saturated carbocycles. The van der Waals surface area contributed by atoms with Gasteiger partial charge >= 0.3 is 0 Å². The van der Waals surface area contributed by atoms with Crippen molar-refractivity contribution in [2.24, 2.45) is 0 Å². The lowest BCUT2D eigenvalue weighted by Crippen LogP contribution is -2.45. The second-order valence-electron chi connectivity index (χ2n) is 4.58. The average molecular weight is 215 g/mol. The number of hydrogen-bond donors (Lipinski definition) is 2. The number of hydrogen-bond acceptors (Lipinski definition) is 3. The van der Waals surface area contributed by atoms with Crippen LogP contribution in [0.3, 0.4) is 0 Å². The maximum absolute atomic E-state index is 9.74. The van der Waals surface area contributed by atoms with Crippen LogP contribution in [0.2, 0.25) is 0 Å². The van der Waals surface area contributed by atoms with Gasteiger partial charge in [-0.15, -0.1) is 0 Å². The molecule has 2 fully saturated rings. The third kappa shape index (κ3) is 2.26. The van der Waals surface area contributed by atoms with Gasteiger partial charge in [-0.3, -0.25) is 0 Å². The third-order valence-electron chi connectivity index (χ3n) is 3.66. The fourth-order valence-electron chi connectivity index (χ4n) is 2.81. The standard InChI is InChI=1S/C11H21NOS/c1-14-11-7-3-5-9(11)12-8-4-2-6-10(8)13/h8-13H,2-7H2,1H3/t8-,9?,10-,11?/m1/s1. The second-order valence-corrected chi connectivity index (χ2v) is 5.66. The van der Waals surface area contributed by atoms with Crippen LogP contribution >= 0.6 is 11.8 Å². The van der Waals surface area contributed by atoms with Gasteiger partial charge in [-0.1, -0.05) is 6.42 Å². The molecule has 0 aliphatic heterocycles. The molecule has 82 valence electrons. The summed E-state index contributed by atoms with van der Waals surface area (Å²) in [6.45, 7) is 0.